The second-order valence-corrected chi connectivity index (χ2v) is 4.59. The second-order valence-electron chi connectivity index (χ2n) is 4.59. The molecule has 0 radical (unpaired) electrons. The fourth-order valence-electron chi connectivity index (χ4n) is 1.32. The molecule has 2 heteroatoms. The van der Waals surface area contributed by atoms with Gasteiger partial charge in [-0.15, -0.1) is 0 Å². The van der Waals surface area contributed by atoms with Crippen molar-refractivity contribution in [2.45, 2.75) is 32.7 Å². The Kier molecular flexibility index (Phi) is 6.05. The van der Waals surface area contributed by atoms with Gasteiger partial charge in [-0.25, -0.2) is 0 Å². The lowest BCUT2D eigenvalue weighted by atomic mass is 10.1. The van der Waals surface area contributed by atoms with Crippen molar-refractivity contribution in [3.63, 3.8) is 0 Å². The van der Waals surface area contributed by atoms with Crippen molar-refractivity contribution in [2.24, 2.45) is 0 Å². The Balaban J connectivity index is 0.00000169. The van der Waals surface area contributed by atoms with Crippen molar-refractivity contribution >= 4 is 0 Å². The summed E-state index contributed by atoms with van der Waals surface area (Å²) in [6, 6.07) is 10.7. The molecular weight excluding hydrogens is 238 g/mol. The van der Waals surface area contributed by atoms with Gasteiger partial charge in [-0.3, -0.25) is 0 Å². The Morgan fingerprint density at radius 2 is 1.64 bits per heavy atom. The van der Waals surface area contributed by atoms with Crippen LogP contribution in [0.2, 0.25) is 0 Å². The maximum Gasteiger partial charge on any atom is 0.0876 e. The number of hydrogen-bond acceptors (Lipinski definition) is 0. The summed E-state index contributed by atoms with van der Waals surface area (Å²) in [6.07, 6.45) is 1.16. The van der Waals surface area contributed by atoms with Crippen LogP contribution in [0.15, 0.2) is 30.3 Å². The first-order valence-corrected chi connectivity index (χ1v) is 4.96. The van der Waals surface area contributed by atoms with Crippen LogP contribution in [0.3, 0.4) is 0 Å². The Labute approximate surface area is 97.7 Å². The molecule has 0 saturated heterocycles. The van der Waals surface area contributed by atoms with Gasteiger partial charge in [0.2, 0.25) is 0 Å². The topological polar surface area (TPSA) is 16.6 Å². The van der Waals surface area contributed by atoms with Crippen molar-refractivity contribution in [3.8, 4) is 0 Å². The van der Waals surface area contributed by atoms with Crippen molar-refractivity contribution in [1.29, 1.82) is 0 Å². The minimum atomic E-state index is 0. The Morgan fingerprint density at radius 1 is 1.07 bits per heavy atom. The van der Waals surface area contributed by atoms with Crippen molar-refractivity contribution in [2.75, 3.05) is 6.54 Å². The summed E-state index contributed by atoms with van der Waals surface area (Å²) in [5, 5.41) is 2.39. The van der Waals surface area contributed by atoms with Crippen LogP contribution in [0.5, 0.6) is 0 Å². The van der Waals surface area contributed by atoms with Gasteiger partial charge in [-0.2, -0.15) is 0 Å². The van der Waals surface area contributed by atoms with Gasteiger partial charge in [0.15, 0.2) is 0 Å². The maximum atomic E-state index is 2.39. The minimum Gasteiger partial charge on any atom is -1.00 e. The second kappa shape index (κ2) is 6.20. The molecule has 0 heterocycles. The van der Waals surface area contributed by atoms with Crippen LogP contribution in [0.4, 0.5) is 0 Å². The van der Waals surface area contributed by atoms with Gasteiger partial charge in [-0.05, 0) is 26.3 Å². The maximum absolute atomic E-state index is 2.39. The number of nitrogens with two attached hydrogens (primary N) is 1. The van der Waals surface area contributed by atoms with Gasteiger partial charge in [0.05, 0.1) is 12.1 Å². The van der Waals surface area contributed by atoms with Crippen LogP contribution < -0.4 is 22.3 Å². The van der Waals surface area contributed by atoms with Crippen LogP contribution in [0.1, 0.15) is 26.3 Å². The highest BCUT2D eigenvalue weighted by Gasteiger charge is 2.11. The van der Waals surface area contributed by atoms with E-state index in [0.29, 0.717) is 5.54 Å². The molecule has 0 bridgehead atoms. The normalized spacial score (nSPS) is 10.8. The first-order valence-electron chi connectivity index (χ1n) is 4.96. The highest BCUT2D eigenvalue weighted by Crippen LogP contribution is 1.97. The van der Waals surface area contributed by atoms with E-state index in [0.717, 1.165) is 6.42 Å². The third-order valence-corrected chi connectivity index (χ3v) is 2.03. The predicted molar refractivity (Wildman–Crippen MR) is 56.7 cm³/mol. The van der Waals surface area contributed by atoms with Gasteiger partial charge >= 0.3 is 0 Å². The van der Waals surface area contributed by atoms with Crippen LogP contribution in [0.25, 0.3) is 0 Å². The molecule has 0 aliphatic heterocycles. The molecule has 0 unspecified atom stereocenters. The minimum absolute atomic E-state index is 0. The number of quaternary nitrogens is 1. The lowest BCUT2D eigenvalue weighted by Gasteiger charge is -2.16. The Morgan fingerprint density at radius 3 is 2.14 bits per heavy atom. The van der Waals surface area contributed by atoms with Crippen molar-refractivity contribution in [3.05, 3.63) is 35.9 Å². The van der Waals surface area contributed by atoms with E-state index in [1.54, 1.807) is 0 Å². The monoisotopic (exact) mass is 257 g/mol. The van der Waals surface area contributed by atoms with Gasteiger partial charge in [0.1, 0.15) is 0 Å². The highest BCUT2D eigenvalue weighted by atomic mass is 79.9. The number of hydrogen-bond donors (Lipinski definition) is 1. The molecule has 0 atom stereocenters. The summed E-state index contributed by atoms with van der Waals surface area (Å²) in [4.78, 5) is 0. The quantitative estimate of drug-likeness (QED) is 0.686. The number of rotatable bonds is 3. The first-order chi connectivity index (χ1) is 6.08. The molecule has 0 saturated carbocycles. The lowest BCUT2D eigenvalue weighted by Crippen LogP contribution is -3.00. The molecule has 1 aromatic carbocycles. The van der Waals surface area contributed by atoms with Crippen molar-refractivity contribution in [1.82, 2.24) is 0 Å². The molecule has 1 aromatic rings. The van der Waals surface area contributed by atoms with Crippen LogP contribution >= 0.6 is 0 Å². The third kappa shape index (κ3) is 6.17. The van der Waals surface area contributed by atoms with E-state index in [-0.39, 0.29) is 17.0 Å². The van der Waals surface area contributed by atoms with E-state index >= 15 is 0 Å². The average molecular weight is 258 g/mol. The standard InChI is InChI=1S/C12H19N.BrH/c1-12(2,3)13-10-9-11-7-5-4-6-8-11;/h4-8,13H,9-10H2,1-3H3;1H. The molecule has 0 aliphatic rings. The molecule has 1 rings (SSSR count). The number of benzene rings is 1. The fraction of sp³-hybridized carbons (Fsp3) is 0.500. The van der Waals surface area contributed by atoms with Crippen molar-refractivity contribution < 1.29 is 22.3 Å². The van der Waals surface area contributed by atoms with E-state index < -0.39 is 0 Å². The third-order valence-electron chi connectivity index (χ3n) is 2.03. The molecule has 1 nitrogen and oxygen atoms in total. The zero-order valence-corrected chi connectivity index (χ0v) is 10.8. The molecule has 0 aromatic heterocycles. The summed E-state index contributed by atoms with van der Waals surface area (Å²) >= 11 is 0. The Bertz CT molecular complexity index is 238. The van der Waals surface area contributed by atoms with Crippen LogP contribution in [-0.4, -0.2) is 12.1 Å². The number of halogens is 1. The first kappa shape index (κ1) is 13.7. The van der Waals surface area contributed by atoms with Gasteiger partial charge in [-0.1, -0.05) is 30.3 Å². The molecule has 0 fully saturated rings. The highest BCUT2D eigenvalue weighted by molar-refractivity contribution is 5.14. The summed E-state index contributed by atoms with van der Waals surface area (Å²) in [7, 11) is 0. The van der Waals surface area contributed by atoms with Gasteiger partial charge in [0, 0.05) is 6.42 Å². The molecule has 80 valence electrons. The summed E-state index contributed by atoms with van der Waals surface area (Å²) in [5.74, 6) is 0. The largest absolute Gasteiger partial charge is 1.00 e. The molecule has 0 amide bonds. The van der Waals surface area contributed by atoms with E-state index in [2.05, 4.69) is 56.4 Å². The molecule has 2 N–H and O–H groups in total. The SMILES string of the molecule is CC(C)(C)[NH2+]CCc1ccccc1.[Br-]. The van der Waals surface area contributed by atoms with Crippen LogP contribution in [0, 0.1) is 0 Å². The van der Waals surface area contributed by atoms with Gasteiger partial charge in [0.25, 0.3) is 0 Å². The predicted octanol–water partition coefficient (Wildman–Crippen LogP) is -1.40. The lowest BCUT2D eigenvalue weighted by molar-refractivity contribution is -0.716. The van der Waals surface area contributed by atoms with E-state index in [4.69, 9.17) is 0 Å². The average Bonchev–Trinajstić information content (AvgIpc) is 2.04. The summed E-state index contributed by atoms with van der Waals surface area (Å²) < 4.78 is 0. The van der Waals surface area contributed by atoms with E-state index in [9.17, 15) is 0 Å². The Hall–Kier alpha value is -0.340. The van der Waals surface area contributed by atoms with E-state index in [1.807, 2.05) is 0 Å². The van der Waals surface area contributed by atoms with Crippen LogP contribution in [-0.2, 0) is 6.42 Å². The smallest absolute Gasteiger partial charge is 0.0876 e. The fourth-order valence-corrected chi connectivity index (χ4v) is 1.32. The summed E-state index contributed by atoms with van der Waals surface area (Å²) in [5.41, 5.74) is 1.79. The van der Waals surface area contributed by atoms with Gasteiger partial charge < -0.3 is 22.3 Å². The molecular formula is C12H20BrN. The molecule has 0 spiro atoms. The van der Waals surface area contributed by atoms with E-state index in [1.165, 1.54) is 12.1 Å². The zero-order chi connectivity index (χ0) is 9.73. The molecule has 14 heavy (non-hydrogen) atoms. The summed E-state index contributed by atoms with van der Waals surface area (Å²) in [6.45, 7) is 7.92. The molecule has 0 aliphatic carbocycles. The zero-order valence-electron chi connectivity index (χ0n) is 9.26.